The SMILES string of the molecule is C/C(C[N+](C)(C)C)=C(\C)C[N+](C)(C)C.[Br-].[Br-]. The summed E-state index contributed by atoms with van der Waals surface area (Å²) in [6.07, 6.45) is 0. The molecule has 0 atom stereocenters. The maximum Gasteiger partial charge on any atom is 0.0999 e. The molecule has 0 aliphatic carbocycles. The highest BCUT2D eigenvalue weighted by Gasteiger charge is 2.14. The van der Waals surface area contributed by atoms with Crippen LogP contribution in [0.15, 0.2) is 11.1 Å². The van der Waals surface area contributed by atoms with Gasteiger partial charge in [0, 0.05) is 0 Å². The molecule has 0 saturated heterocycles. The molecule has 0 N–H and O–H groups in total. The minimum Gasteiger partial charge on any atom is -1.00 e. The van der Waals surface area contributed by atoms with Crippen LogP contribution >= 0.6 is 0 Å². The van der Waals surface area contributed by atoms with E-state index in [1.807, 2.05) is 0 Å². The molecule has 4 heteroatoms. The molecule has 0 fully saturated rings. The average Bonchev–Trinajstić information content (AvgIpc) is 1.78. The van der Waals surface area contributed by atoms with Crippen LogP contribution in [0.25, 0.3) is 0 Å². The van der Waals surface area contributed by atoms with Crippen LogP contribution in [0.3, 0.4) is 0 Å². The van der Waals surface area contributed by atoms with E-state index in [1.54, 1.807) is 0 Å². The zero-order valence-corrected chi connectivity index (χ0v) is 15.2. The van der Waals surface area contributed by atoms with Crippen molar-refractivity contribution in [2.75, 3.05) is 55.4 Å². The van der Waals surface area contributed by atoms with Crippen LogP contribution < -0.4 is 34.0 Å². The lowest BCUT2D eigenvalue weighted by Gasteiger charge is -2.28. The molecule has 0 aliphatic heterocycles. The highest BCUT2D eigenvalue weighted by atomic mass is 79.9. The van der Waals surface area contributed by atoms with Gasteiger partial charge in [-0.25, -0.2) is 0 Å². The first-order valence-electron chi connectivity index (χ1n) is 5.27. The van der Waals surface area contributed by atoms with E-state index >= 15 is 0 Å². The molecule has 0 bridgehead atoms. The molecule has 0 heterocycles. The first-order chi connectivity index (χ1) is 6.01. The van der Waals surface area contributed by atoms with E-state index in [0.717, 1.165) is 22.1 Å². The van der Waals surface area contributed by atoms with Crippen molar-refractivity contribution in [1.29, 1.82) is 0 Å². The van der Waals surface area contributed by atoms with Gasteiger partial charge in [0.15, 0.2) is 0 Å². The summed E-state index contributed by atoms with van der Waals surface area (Å²) in [6, 6.07) is 0. The van der Waals surface area contributed by atoms with E-state index < -0.39 is 0 Å². The molecular weight excluding hydrogens is 332 g/mol. The predicted molar refractivity (Wildman–Crippen MR) is 64.2 cm³/mol. The van der Waals surface area contributed by atoms with Gasteiger partial charge in [0.2, 0.25) is 0 Å². The number of quaternary nitrogens is 2. The van der Waals surface area contributed by atoms with Crippen molar-refractivity contribution in [3.8, 4) is 0 Å². The Kier molecular flexibility index (Phi) is 10.7. The molecule has 16 heavy (non-hydrogen) atoms. The molecule has 0 aromatic heterocycles. The summed E-state index contributed by atoms with van der Waals surface area (Å²) in [6.45, 7) is 6.81. The minimum atomic E-state index is 0. The normalized spacial score (nSPS) is 13.5. The number of rotatable bonds is 4. The van der Waals surface area contributed by atoms with Gasteiger partial charge in [0.1, 0.15) is 0 Å². The van der Waals surface area contributed by atoms with Crippen LogP contribution in [0.5, 0.6) is 0 Å². The molecule has 0 aliphatic rings. The van der Waals surface area contributed by atoms with Gasteiger partial charge in [-0.15, -0.1) is 0 Å². The molecule has 0 rings (SSSR count). The number of hydrogen-bond donors (Lipinski definition) is 0. The second kappa shape index (κ2) is 7.85. The highest BCUT2D eigenvalue weighted by Crippen LogP contribution is 2.10. The van der Waals surface area contributed by atoms with Crippen LogP contribution in [0, 0.1) is 0 Å². The van der Waals surface area contributed by atoms with E-state index in [2.05, 4.69) is 56.1 Å². The summed E-state index contributed by atoms with van der Waals surface area (Å²) in [7, 11) is 13.4. The second-order valence-corrected chi connectivity index (χ2v) is 6.46. The number of halogens is 2. The van der Waals surface area contributed by atoms with Gasteiger partial charge < -0.3 is 42.9 Å². The summed E-state index contributed by atoms with van der Waals surface area (Å²) in [4.78, 5) is 0. The monoisotopic (exact) mass is 358 g/mol. The van der Waals surface area contributed by atoms with Crippen molar-refractivity contribution in [2.45, 2.75) is 13.8 Å². The molecule has 0 spiro atoms. The van der Waals surface area contributed by atoms with Crippen molar-refractivity contribution in [3.05, 3.63) is 11.1 Å². The lowest BCUT2D eigenvalue weighted by molar-refractivity contribution is -0.868. The Hall–Kier alpha value is 0.620. The number of hydrogen-bond acceptors (Lipinski definition) is 0. The van der Waals surface area contributed by atoms with E-state index in [-0.39, 0.29) is 34.0 Å². The smallest absolute Gasteiger partial charge is 0.0999 e. The first kappa shape index (κ1) is 21.9. The summed E-state index contributed by atoms with van der Waals surface area (Å²) in [5.41, 5.74) is 3.07. The Morgan fingerprint density at radius 3 is 0.938 bits per heavy atom. The second-order valence-electron chi connectivity index (χ2n) is 6.46. The Balaban J connectivity index is -0.000000845. The molecule has 0 saturated carbocycles. The fourth-order valence-corrected chi connectivity index (χ4v) is 1.69. The Bertz CT molecular complexity index is 198. The standard InChI is InChI=1S/C12H28N2.2BrH/c1-11(9-13(3,4)5)12(2)10-14(6,7)8;;/h9-10H2,1-8H3;2*1H/q+2;;/p-2/b12-11-;;. The van der Waals surface area contributed by atoms with Crippen LogP contribution in [0.2, 0.25) is 0 Å². The van der Waals surface area contributed by atoms with Crippen molar-refractivity contribution in [3.63, 3.8) is 0 Å². The maximum absolute atomic E-state index is 2.26. The lowest BCUT2D eigenvalue weighted by Crippen LogP contribution is -3.00. The average molecular weight is 360 g/mol. The Morgan fingerprint density at radius 1 is 0.625 bits per heavy atom. The van der Waals surface area contributed by atoms with Crippen molar-refractivity contribution < 1.29 is 42.9 Å². The third kappa shape index (κ3) is 12.7. The van der Waals surface area contributed by atoms with Crippen molar-refractivity contribution >= 4 is 0 Å². The zero-order chi connectivity index (χ0) is 11.6. The van der Waals surface area contributed by atoms with Gasteiger partial charge in [-0.1, -0.05) is 0 Å². The maximum atomic E-state index is 2.26. The summed E-state index contributed by atoms with van der Waals surface area (Å²) < 4.78 is 2.03. The van der Waals surface area contributed by atoms with Gasteiger partial charge in [0.25, 0.3) is 0 Å². The Labute approximate surface area is 123 Å². The molecule has 0 unspecified atom stereocenters. The molecular formula is C12H28Br2N2. The molecule has 0 aromatic carbocycles. The van der Waals surface area contributed by atoms with E-state index in [0.29, 0.717) is 0 Å². The molecule has 100 valence electrons. The zero-order valence-electron chi connectivity index (χ0n) is 12.1. The third-order valence-corrected chi connectivity index (χ3v) is 2.15. The summed E-state index contributed by atoms with van der Waals surface area (Å²) >= 11 is 0. The Morgan fingerprint density at radius 2 is 0.812 bits per heavy atom. The van der Waals surface area contributed by atoms with Gasteiger partial charge in [0.05, 0.1) is 55.4 Å². The van der Waals surface area contributed by atoms with Crippen LogP contribution in [0.4, 0.5) is 0 Å². The van der Waals surface area contributed by atoms with Crippen LogP contribution in [-0.2, 0) is 0 Å². The number of likely N-dealkylation sites (N-methyl/N-ethyl adjacent to an activating group) is 2. The van der Waals surface area contributed by atoms with E-state index in [9.17, 15) is 0 Å². The highest BCUT2D eigenvalue weighted by molar-refractivity contribution is 5.10. The van der Waals surface area contributed by atoms with Crippen LogP contribution in [0.1, 0.15) is 13.8 Å². The largest absolute Gasteiger partial charge is 1.00 e. The number of nitrogens with zero attached hydrogens (tertiary/aromatic N) is 2. The van der Waals surface area contributed by atoms with E-state index in [4.69, 9.17) is 0 Å². The molecule has 0 aromatic rings. The fraction of sp³-hybridized carbons (Fsp3) is 0.833. The van der Waals surface area contributed by atoms with Gasteiger partial charge in [-0.05, 0) is 25.0 Å². The topological polar surface area (TPSA) is 0 Å². The van der Waals surface area contributed by atoms with Crippen molar-refractivity contribution in [1.82, 2.24) is 0 Å². The van der Waals surface area contributed by atoms with Gasteiger partial charge >= 0.3 is 0 Å². The quantitative estimate of drug-likeness (QED) is 0.352. The predicted octanol–water partition coefficient (Wildman–Crippen LogP) is -4.26. The van der Waals surface area contributed by atoms with E-state index in [1.165, 1.54) is 11.1 Å². The minimum absolute atomic E-state index is 0. The fourth-order valence-electron chi connectivity index (χ4n) is 1.69. The third-order valence-electron chi connectivity index (χ3n) is 2.15. The lowest BCUT2D eigenvalue weighted by atomic mass is 10.1. The van der Waals surface area contributed by atoms with Crippen molar-refractivity contribution in [2.24, 2.45) is 0 Å². The molecule has 2 nitrogen and oxygen atoms in total. The van der Waals surface area contributed by atoms with Crippen LogP contribution in [-0.4, -0.2) is 64.3 Å². The molecule has 0 radical (unpaired) electrons. The first-order valence-corrected chi connectivity index (χ1v) is 5.27. The summed E-state index contributed by atoms with van der Waals surface area (Å²) in [5, 5.41) is 0. The van der Waals surface area contributed by atoms with Gasteiger partial charge in [-0.3, -0.25) is 0 Å². The summed E-state index contributed by atoms with van der Waals surface area (Å²) in [5.74, 6) is 0. The molecule has 0 amide bonds. The van der Waals surface area contributed by atoms with Gasteiger partial charge in [-0.2, -0.15) is 0 Å².